The van der Waals surface area contributed by atoms with Crippen molar-refractivity contribution in [1.82, 2.24) is 10.2 Å². The molecule has 0 saturated heterocycles. The van der Waals surface area contributed by atoms with E-state index in [1.165, 1.54) is 4.90 Å². The highest BCUT2D eigenvalue weighted by Gasteiger charge is 2.30. The number of nitrogens with one attached hydrogen (secondary N) is 1. The molecule has 0 bridgehead atoms. The molecule has 3 aromatic carbocycles. The normalized spacial score (nSPS) is 11.6. The molecule has 0 aliphatic rings. The van der Waals surface area contributed by atoms with Gasteiger partial charge in [-0.05, 0) is 60.4 Å². The third-order valence-electron chi connectivity index (χ3n) is 5.43. The Bertz CT molecular complexity index is 1130. The smallest absolute Gasteiger partial charge is 0.261 e. The molecule has 7 heteroatoms. The Balaban J connectivity index is 1.91. The van der Waals surface area contributed by atoms with Gasteiger partial charge in [0.1, 0.15) is 11.8 Å². The Morgan fingerprint density at radius 1 is 0.971 bits per heavy atom. The van der Waals surface area contributed by atoms with Gasteiger partial charge in [0.15, 0.2) is 6.61 Å². The number of rotatable bonds is 9. The van der Waals surface area contributed by atoms with Crippen molar-refractivity contribution in [3.8, 4) is 5.75 Å². The summed E-state index contributed by atoms with van der Waals surface area (Å²) >= 11 is 12.5. The van der Waals surface area contributed by atoms with Crippen molar-refractivity contribution in [2.45, 2.75) is 32.9 Å². The van der Waals surface area contributed by atoms with Crippen LogP contribution in [0.25, 0.3) is 0 Å². The molecule has 0 radical (unpaired) electrons. The Morgan fingerprint density at radius 3 is 2.26 bits per heavy atom. The zero-order valence-electron chi connectivity index (χ0n) is 19.5. The predicted octanol–water partition coefficient (Wildman–Crippen LogP) is 5.38. The minimum absolute atomic E-state index is 0.135. The SMILES string of the molecule is CNC(=O)[C@@H](Cc1ccccc1)N(Cc1ccc(Cl)cc1Cl)C(=O)COc1cc(C)cc(C)c1. The Hall–Kier alpha value is -3.02. The molecule has 0 unspecified atom stereocenters. The van der Waals surface area contributed by atoms with Crippen LogP contribution < -0.4 is 10.1 Å². The van der Waals surface area contributed by atoms with Crippen LogP contribution in [0, 0.1) is 13.8 Å². The molecule has 0 aliphatic heterocycles. The van der Waals surface area contributed by atoms with Crippen LogP contribution in [0.4, 0.5) is 0 Å². The van der Waals surface area contributed by atoms with Crippen LogP contribution >= 0.6 is 23.2 Å². The first kappa shape index (κ1) is 25.6. The molecule has 0 aromatic heterocycles. The topological polar surface area (TPSA) is 58.6 Å². The quantitative estimate of drug-likeness (QED) is 0.431. The number of nitrogens with zero attached hydrogens (tertiary/aromatic N) is 1. The average Bonchev–Trinajstić information content (AvgIpc) is 2.80. The number of amides is 2. The van der Waals surface area contributed by atoms with Crippen molar-refractivity contribution in [3.05, 3.63) is 99.0 Å². The maximum Gasteiger partial charge on any atom is 0.261 e. The molecule has 1 N–H and O–H groups in total. The van der Waals surface area contributed by atoms with Crippen molar-refractivity contribution in [2.75, 3.05) is 13.7 Å². The standard InChI is InChI=1S/C27H28Cl2N2O3/c1-18-11-19(2)13-23(12-18)34-17-26(32)31(16-21-9-10-22(28)15-24(21)29)25(27(33)30-3)14-20-7-5-4-6-8-20/h4-13,15,25H,14,16-17H2,1-3H3,(H,30,33)/t25-/m1/s1. The van der Waals surface area contributed by atoms with E-state index in [1.54, 1.807) is 25.2 Å². The van der Waals surface area contributed by atoms with Crippen LogP contribution in [0.3, 0.4) is 0 Å². The van der Waals surface area contributed by atoms with Crippen molar-refractivity contribution in [2.24, 2.45) is 0 Å². The van der Waals surface area contributed by atoms with Crippen molar-refractivity contribution >= 4 is 35.0 Å². The monoisotopic (exact) mass is 498 g/mol. The summed E-state index contributed by atoms with van der Waals surface area (Å²) in [7, 11) is 1.56. The van der Waals surface area contributed by atoms with Gasteiger partial charge < -0.3 is 15.0 Å². The van der Waals surface area contributed by atoms with Crippen molar-refractivity contribution < 1.29 is 14.3 Å². The van der Waals surface area contributed by atoms with Gasteiger partial charge in [0.25, 0.3) is 5.91 Å². The molecule has 178 valence electrons. The minimum atomic E-state index is -0.755. The molecule has 0 saturated carbocycles. The van der Waals surface area contributed by atoms with E-state index in [1.807, 2.05) is 62.4 Å². The summed E-state index contributed by atoms with van der Waals surface area (Å²) in [4.78, 5) is 27.9. The Kier molecular flexibility index (Phi) is 8.97. The third-order valence-corrected chi connectivity index (χ3v) is 6.02. The number of ether oxygens (including phenoxy) is 1. The fraction of sp³-hybridized carbons (Fsp3) is 0.259. The van der Waals surface area contributed by atoms with E-state index in [4.69, 9.17) is 27.9 Å². The van der Waals surface area contributed by atoms with Crippen LogP contribution in [0.5, 0.6) is 5.75 Å². The molecule has 1 atom stereocenters. The van der Waals surface area contributed by atoms with Gasteiger partial charge in [-0.3, -0.25) is 9.59 Å². The van der Waals surface area contributed by atoms with Gasteiger partial charge in [-0.1, -0.05) is 65.7 Å². The zero-order valence-corrected chi connectivity index (χ0v) is 21.0. The first-order valence-corrected chi connectivity index (χ1v) is 11.7. The van der Waals surface area contributed by atoms with Gasteiger partial charge in [-0.25, -0.2) is 0 Å². The maximum absolute atomic E-state index is 13.5. The highest BCUT2D eigenvalue weighted by Crippen LogP contribution is 2.24. The van der Waals surface area contributed by atoms with Gasteiger partial charge in [0, 0.05) is 30.1 Å². The van der Waals surface area contributed by atoms with E-state index in [-0.39, 0.29) is 25.0 Å². The summed E-state index contributed by atoms with van der Waals surface area (Å²) in [5.74, 6) is 0.0123. The van der Waals surface area contributed by atoms with Crippen LogP contribution in [-0.4, -0.2) is 36.4 Å². The number of carbonyl (C=O) groups is 2. The lowest BCUT2D eigenvalue weighted by atomic mass is 10.0. The third kappa shape index (κ3) is 6.99. The highest BCUT2D eigenvalue weighted by molar-refractivity contribution is 6.35. The summed E-state index contributed by atoms with van der Waals surface area (Å²) in [5.41, 5.74) is 3.71. The van der Waals surface area contributed by atoms with E-state index in [0.29, 0.717) is 27.8 Å². The van der Waals surface area contributed by atoms with Crippen molar-refractivity contribution in [1.29, 1.82) is 0 Å². The average molecular weight is 499 g/mol. The van der Waals surface area contributed by atoms with Crippen LogP contribution in [0.1, 0.15) is 22.3 Å². The number of aryl methyl sites for hydroxylation is 2. The van der Waals surface area contributed by atoms with Gasteiger partial charge in [-0.15, -0.1) is 0 Å². The second-order valence-electron chi connectivity index (χ2n) is 8.19. The highest BCUT2D eigenvalue weighted by atomic mass is 35.5. The number of hydrogen-bond donors (Lipinski definition) is 1. The number of halogens is 2. The molecule has 3 aromatic rings. The van der Waals surface area contributed by atoms with E-state index in [9.17, 15) is 9.59 Å². The predicted molar refractivity (Wildman–Crippen MR) is 136 cm³/mol. The Labute approximate surface area is 210 Å². The fourth-order valence-electron chi connectivity index (χ4n) is 3.80. The number of benzene rings is 3. The minimum Gasteiger partial charge on any atom is -0.484 e. The number of hydrogen-bond acceptors (Lipinski definition) is 3. The molecule has 34 heavy (non-hydrogen) atoms. The lowest BCUT2D eigenvalue weighted by Gasteiger charge is -2.31. The second kappa shape index (κ2) is 11.9. The van der Waals surface area contributed by atoms with Crippen LogP contribution in [0.2, 0.25) is 10.0 Å². The molecule has 5 nitrogen and oxygen atoms in total. The summed E-state index contributed by atoms with van der Waals surface area (Å²) < 4.78 is 5.83. The van der Waals surface area contributed by atoms with Crippen LogP contribution in [-0.2, 0) is 22.6 Å². The van der Waals surface area contributed by atoms with Gasteiger partial charge in [-0.2, -0.15) is 0 Å². The molecule has 0 heterocycles. The van der Waals surface area contributed by atoms with Crippen molar-refractivity contribution in [3.63, 3.8) is 0 Å². The van der Waals surface area contributed by atoms with Gasteiger partial charge >= 0.3 is 0 Å². The maximum atomic E-state index is 13.5. The Morgan fingerprint density at radius 2 is 1.65 bits per heavy atom. The molecular weight excluding hydrogens is 471 g/mol. The molecule has 2 amide bonds. The summed E-state index contributed by atoms with van der Waals surface area (Å²) in [5, 5.41) is 3.62. The molecular formula is C27H28Cl2N2O3. The summed E-state index contributed by atoms with van der Waals surface area (Å²) in [6.45, 7) is 3.86. The van der Waals surface area contributed by atoms with Crippen LogP contribution in [0.15, 0.2) is 66.7 Å². The first-order valence-electron chi connectivity index (χ1n) is 11.0. The lowest BCUT2D eigenvalue weighted by Crippen LogP contribution is -2.51. The summed E-state index contributed by atoms with van der Waals surface area (Å²) in [6.07, 6.45) is 0.348. The molecule has 0 fully saturated rings. The van der Waals surface area contributed by atoms with E-state index in [2.05, 4.69) is 5.32 Å². The van der Waals surface area contributed by atoms with E-state index >= 15 is 0 Å². The van der Waals surface area contributed by atoms with Gasteiger partial charge in [0.2, 0.25) is 5.91 Å². The fourth-order valence-corrected chi connectivity index (χ4v) is 4.27. The zero-order chi connectivity index (χ0) is 24.7. The van der Waals surface area contributed by atoms with Gasteiger partial charge in [0.05, 0.1) is 0 Å². The summed E-state index contributed by atoms with van der Waals surface area (Å²) in [6, 6.07) is 19.7. The largest absolute Gasteiger partial charge is 0.484 e. The molecule has 0 spiro atoms. The van der Waals surface area contributed by atoms with E-state index in [0.717, 1.165) is 16.7 Å². The number of likely N-dealkylation sites (N-methyl/N-ethyl adjacent to an activating group) is 1. The molecule has 0 aliphatic carbocycles. The second-order valence-corrected chi connectivity index (χ2v) is 9.03. The first-order chi connectivity index (χ1) is 16.3. The van der Waals surface area contributed by atoms with E-state index < -0.39 is 6.04 Å². The molecule has 3 rings (SSSR count). The number of carbonyl (C=O) groups excluding carboxylic acids is 2. The lowest BCUT2D eigenvalue weighted by molar-refractivity contribution is -0.142.